The predicted molar refractivity (Wildman–Crippen MR) is 64.0 cm³/mol. The molecule has 1 amide bonds. The Morgan fingerprint density at radius 3 is 2.81 bits per heavy atom. The second-order valence-electron chi connectivity index (χ2n) is 2.91. The summed E-state index contributed by atoms with van der Waals surface area (Å²) in [6.07, 6.45) is 6.36. The molecule has 2 aromatic rings. The van der Waals surface area contributed by atoms with Gasteiger partial charge in [0.05, 0.1) is 0 Å². The van der Waals surface area contributed by atoms with Crippen LogP contribution in [0.1, 0.15) is 4.88 Å². The molecule has 4 nitrogen and oxygen atoms in total. The van der Waals surface area contributed by atoms with Crippen LogP contribution in [0.5, 0.6) is 0 Å². The van der Waals surface area contributed by atoms with Crippen LogP contribution < -0.4 is 5.32 Å². The third kappa shape index (κ3) is 2.99. The summed E-state index contributed by atoms with van der Waals surface area (Å²) < 4.78 is 0. The minimum absolute atomic E-state index is 0.236. The molecule has 0 radical (unpaired) electrons. The maximum absolute atomic E-state index is 11.4. The second-order valence-corrected chi connectivity index (χ2v) is 3.89. The van der Waals surface area contributed by atoms with Gasteiger partial charge in [-0.3, -0.25) is 10.1 Å². The molecule has 2 aromatic heterocycles. The van der Waals surface area contributed by atoms with E-state index in [-0.39, 0.29) is 5.91 Å². The number of carbonyl (C=O) groups excluding carboxylic acids is 1. The molecule has 2 heterocycles. The average molecular weight is 231 g/mol. The van der Waals surface area contributed by atoms with Crippen molar-refractivity contribution in [2.75, 3.05) is 5.32 Å². The van der Waals surface area contributed by atoms with Gasteiger partial charge in [0.1, 0.15) is 0 Å². The number of anilines is 1. The molecular formula is C11H9N3OS. The molecule has 16 heavy (non-hydrogen) atoms. The molecule has 2 rings (SSSR count). The van der Waals surface area contributed by atoms with Crippen molar-refractivity contribution in [3.05, 3.63) is 46.9 Å². The summed E-state index contributed by atoms with van der Waals surface area (Å²) in [5.74, 6) is 0.0722. The van der Waals surface area contributed by atoms with Gasteiger partial charge < -0.3 is 0 Å². The molecule has 80 valence electrons. The van der Waals surface area contributed by atoms with Crippen LogP contribution in [0.2, 0.25) is 0 Å². The highest BCUT2D eigenvalue weighted by Gasteiger charge is 1.98. The Balaban J connectivity index is 1.95. The molecule has 0 saturated heterocycles. The van der Waals surface area contributed by atoms with Crippen molar-refractivity contribution in [3.8, 4) is 0 Å². The largest absolute Gasteiger partial charge is 0.291 e. The van der Waals surface area contributed by atoms with Gasteiger partial charge in [0, 0.05) is 23.3 Å². The van der Waals surface area contributed by atoms with E-state index in [2.05, 4.69) is 15.3 Å². The quantitative estimate of drug-likeness (QED) is 0.824. The molecular weight excluding hydrogens is 222 g/mol. The number of rotatable bonds is 3. The Morgan fingerprint density at radius 1 is 1.31 bits per heavy atom. The van der Waals surface area contributed by atoms with Crippen molar-refractivity contribution in [2.24, 2.45) is 0 Å². The lowest BCUT2D eigenvalue weighted by Gasteiger charge is -1.97. The van der Waals surface area contributed by atoms with Crippen LogP contribution in [0.3, 0.4) is 0 Å². The SMILES string of the molecule is O=C(C=Cc1cccs1)Nc1ncccn1. The second kappa shape index (κ2) is 5.18. The summed E-state index contributed by atoms with van der Waals surface area (Å²) in [4.78, 5) is 20.2. The van der Waals surface area contributed by atoms with E-state index in [4.69, 9.17) is 0 Å². The van der Waals surface area contributed by atoms with Gasteiger partial charge in [-0.05, 0) is 23.6 Å². The zero-order chi connectivity index (χ0) is 11.2. The summed E-state index contributed by atoms with van der Waals surface area (Å²) in [6, 6.07) is 5.56. The van der Waals surface area contributed by atoms with E-state index in [1.807, 2.05) is 17.5 Å². The number of nitrogens with zero attached hydrogens (tertiary/aromatic N) is 2. The monoisotopic (exact) mass is 231 g/mol. The number of thiophene rings is 1. The van der Waals surface area contributed by atoms with Crippen LogP contribution in [-0.2, 0) is 4.79 Å². The molecule has 0 unspecified atom stereocenters. The molecule has 0 bridgehead atoms. The van der Waals surface area contributed by atoms with Crippen LogP contribution in [0.15, 0.2) is 42.0 Å². The van der Waals surface area contributed by atoms with Crippen LogP contribution in [-0.4, -0.2) is 15.9 Å². The average Bonchev–Trinajstić information content (AvgIpc) is 2.81. The van der Waals surface area contributed by atoms with E-state index < -0.39 is 0 Å². The molecule has 0 aromatic carbocycles. The van der Waals surface area contributed by atoms with Crippen LogP contribution in [0, 0.1) is 0 Å². The van der Waals surface area contributed by atoms with E-state index in [9.17, 15) is 4.79 Å². The number of amides is 1. The zero-order valence-electron chi connectivity index (χ0n) is 8.33. The lowest BCUT2D eigenvalue weighted by molar-refractivity contribution is -0.111. The van der Waals surface area contributed by atoms with Crippen molar-refractivity contribution >= 4 is 29.3 Å². The van der Waals surface area contributed by atoms with Crippen LogP contribution in [0.4, 0.5) is 5.95 Å². The lowest BCUT2D eigenvalue weighted by atomic mass is 10.4. The summed E-state index contributed by atoms with van der Waals surface area (Å²) in [7, 11) is 0. The minimum Gasteiger partial charge on any atom is -0.291 e. The van der Waals surface area contributed by atoms with Gasteiger partial charge in [-0.15, -0.1) is 11.3 Å². The van der Waals surface area contributed by atoms with Gasteiger partial charge in [0.2, 0.25) is 5.95 Å². The van der Waals surface area contributed by atoms with E-state index in [0.717, 1.165) is 4.88 Å². The first-order valence-electron chi connectivity index (χ1n) is 4.64. The first-order chi connectivity index (χ1) is 7.84. The van der Waals surface area contributed by atoms with Gasteiger partial charge in [0.25, 0.3) is 5.91 Å². The summed E-state index contributed by atoms with van der Waals surface area (Å²) in [5.41, 5.74) is 0. The Morgan fingerprint density at radius 2 is 2.12 bits per heavy atom. The fourth-order valence-corrected chi connectivity index (χ4v) is 1.68. The highest BCUT2D eigenvalue weighted by atomic mass is 32.1. The molecule has 0 aliphatic carbocycles. The maximum Gasteiger partial charge on any atom is 0.250 e. The van der Waals surface area contributed by atoms with Crippen LogP contribution in [0.25, 0.3) is 6.08 Å². The molecule has 0 aliphatic heterocycles. The Hall–Kier alpha value is -2.01. The van der Waals surface area contributed by atoms with E-state index in [0.29, 0.717) is 5.95 Å². The highest BCUT2D eigenvalue weighted by Crippen LogP contribution is 2.10. The van der Waals surface area contributed by atoms with Gasteiger partial charge in [0.15, 0.2) is 0 Å². The van der Waals surface area contributed by atoms with Gasteiger partial charge in [-0.25, -0.2) is 9.97 Å². The minimum atomic E-state index is -0.236. The number of carbonyl (C=O) groups is 1. The predicted octanol–water partition coefficient (Wildman–Crippen LogP) is 2.19. The molecule has 1 N–H and O–H groups in total. The van der Waals surface area contributed by atoms with Crippen molar-refractivity contribution in [1.29, 1.82) is 0 Å². The van der Waals surface area contributed by atoms with Gasteiger partial charge >= 0.3 is 0 Å². The number of hydrogen-bond donors (Lipinski definition) is 1. The smallest absolute Gasteiger partial charge is 0.250 e. The first-order valence-corrected chi connectivity index (χ1v) is 5.52. The van der Waals surface area contributed by atoms with Crippen molar-refractivity contribution in [2.45, 2.75) is 0 Å². The molecule has 0 aliphatic rings. The zero-order valence-corrected chi connectivity index (χ0v) is 9.15. The molecule has 0 fully saturated rings. The van der Waals surface area contributed by atoms with Crippen molar-refractivity contribution < 1.29 is 4.79 Å². The summed E-state index contributed by atoms with van der Waals surface area (Å²) in [5, 5.41) is 4.52. The van der Waals surface area contributed by atoms with E-state index in [1.54, 1.807) is 35.9 Å². The molecule has 0 atom stereocenters. The Bertz CT molecular complexity index is 479. The molecule has 5 heteroatoms. The normalized spacial score (nSPS) is 10.5. The van der Waals surface area contributed by atoms with Gasteiger partial charge in [-0.2, -0.15) is 0 Å². The first kappa shape index (κ1) is 10.5. The van der Waals surface area contributed by atoms with Crippen molar-refractivity contribution in [1.82, 2.24) is 9.97 Å². The fraction of sp³-hybridized carbons (Fsp3) is 0. The van der Waals surface area contributed by atoms with E-state index >= 15 is 0 Å². The van der Waals surface area contributed by atoms with E-state index in [1.165, 1.54) is 6.08 Å². The van der Waals surface area contributed by atoms with Crippen molar-refractivity contribution in [3.63, 3.8) is 0 Å². The third-order valence-electron chi connectivity index (χ3n) is 1.74. The standard InChI is InChI=1S/C11H9N3OS/c15-10(5-4-9-3-1-8-16-9)14-11-12-6-2-7-13-11/h1-8H,(H,12,13,14,15). The number of aromatic nitrogens is 2. The molecule has 0 saturated carbocycles. The molecule has 0 spiro atoms. The van der Waals surface area contributed by atoms with Crippen LogP contribution >= 0.6 is 11.3 Å². The fourth-order valence-electron chi connectivity index (χ4n) is 1.06. The lowest BCUT2D eigenvalue weighted by Crippen LogP contribution is -2.10. The topological polar surface area (TPSA) is 54.9 Å². The maximum atomic E-state index is 11.4. The summed E-state index contributed by atoms with van der Waals surface area (Å²) in [6.45, 7) is 0. The third-order valence-corrected chi connectivity index (χ3v) is 2.58. The number of hydrogen-bond acceptors (Lipinski definition) is 4. The number of nitrogens with one attached hydrogen (secondary N) is 1. The Kier molecular flexibility index (Phi) is 3.40. The summed E-state index contributed by atoms with van der Waals surface area (Å²) >= 11 is 1.57. The Labute approximate surface area is 96.7 Å². The van der Waals surface area contributed by atoms with Gasteiger partial charge in [-0.1, -0.05) is 6.07 Å². The highest BCUT2D eigenvalue weighted by molar-refractivity contribution is 7.10.